The normalized spacial score (nSPS) is 11.4. The first-order valence-corrected chi connectivity index (χ1v) is 9.47. The van der Waals surface area contributed by atoms with Gasteiger partial charge in [-0.2, -0.15) is 0 Å². The monoisotopic (exact) mass is 370 g/mol. The van der Waals surface area contributed by atoms with E-state index in [1.165, 1.54) is 14.2 Å². The van der Waals surface area contributed by atoms with Crippen LogP contribution in [0.4, 0.5) is 5.69 Å². The highest BCUT2D eigenvalue weighted by Crippen LogP contribution is 2.37. The summed E-state index contributed by atoms with van der Waals surface area (Å²) in [4.78, 5) is 15.1. The molecule has 1 heterocycles. The zero-order valence-electron chi connectivity index (χ0n) is 14.6. The molecule has 138 valence electrons. The van der Waals surface area contributed by atoms with Crippen molar-refractivity contribution in [2.45, 2.75) is 20.3 Å². The molecule has 0 aliphatic rings. The average Bonchev–Trinajstić information content (AvgIpc) is 2.90. The van der Waals surface area contributed by atoms with Crippen molar-refractivity contribution in [1.82, 2.24) is 4.98 Å². The lowest BCUT2D eigenvalue weighted by Crippen LogP contribution is -2.18. The first-order valence-electron chi connectivity index (χ1n) is 7.82. The average molecular weight is 370 g/mol. The summed E-state index contributed by atoms with van der Waals surface area (Å²) in [6, 6.07) is 3.24. The van der Waals surface area contributed by atoms with E-state index in [0.29, 0.717) is 28.8 Å². The number of sulfonamides is 1. The number of benzene rings is 1. The van der Waals surface area contributed by atoms with Gasteiger partial charge in [0.1, 0.15) is 0 Å². The van der Waals surface area contributed by atoms with E-state index in [0.717, 1.165) is 0 Å². The Morgan fingerprint density at radius 1 is 1.16 bits per heavy atom. The molecule has 0 amide bonds. The number of anilines is 1. The SMILES string of the molecule is CCCS(=O)(=O)Nc1c(C(=O)OCC)[nH]c2cc(OC)c(OC)cc12. The summed E-state index contributed by atoms with van der Waals surface area (Å²) in [5, 5.41) is 0.486. The third kappa shape index (κ3) is 3.98. The molecule has 0 saturated heterocycles. The van der Waals surface area contributed by atoms with Gasteiger partial charge in [-0.3, -0.25) is 4.72 Å². The molecular weight excluding hydrogens is 348 g/mol. The van der Waals surface area contributed by atoms with Crippen molar-refractivity contribution in [1.29, 1.82) is 0 Å². The highest BCUT2D eigenvalue weighted by Gasteiger charge is 2.24. The maximum absolute atomic E-state index is 12.2. The molecule has 0 spiro atoms. The largest absolute Gasteiger partial charge is 0.493 e. The van der Waals surface area contributed by atoms with E-state index in [9.17, 15) is 13.2 Å². The molecule has 1 aromatic carbocycles. The molecule has 0 aliphatic heterocycles. The second kappa shape index (κ2) is 7.64. The highest BCUT2D eigenvalue weighted by atomic mass is 32.2. The van der Waals surface area contributed by atoms with Gasteiger partial charge in [0.05, 0.1) is 37.8 Å². The first-order chi connectivity index (χ1) is 11.9. The van der Waals surface area contributed by atoms with E-state index >= 15 is 0 Å². The van der Waals surface area contributed by atoms with Gasteiger partial charge in [0.2, 0.25) is 10.0 Å². The zero-order valence-corrected chi connectivity index (χ0v) is 15.5. The predicted octanol–water partition coefficient (Wildman–Crippen LogP) is 2.51. The Hall–Kier alpha value is -2.42. The number of rotatable bonds is 8. The molecule has 1 aromatic heterocycles. The van der Waals surface area contributed by atoms with Crippen LogP contribution in [0.5, 0.6) is 11.5 Å². The Morgan fingerprint density at radius 3 is 2.36 bits per heavy atom. The number of hydrogen-bond acceptors (Lipinski definition) is 6. The fraction of sp³-hybridized carbons (Fsp3) is 0.438. The molecule has 0 unspecified atom stereocenters. The molecule has 0 bridgehead atoms. The van der Waals surface area contributed by atoms with Gasteiger partial charge in [-0.1, -0.05) is 6.92 Å². The van der Waals surface area contributed by atoms with Crippen molar-refractivity contribution in [2.75, 3.05) is 31.3 Å². The smallest absolute Gasteiger partial charge is 0.356 e. The minimum Gasteiger partial charge on any atom is -0.493 e. The molecule has 0 atom stereocenters. The minimum atomic E-state index is -3.60. The molecule has 9 heteroatoms. The second-order valence-electron chi connectivity index (χ2n) is 5.27. The minimum absolute atomic E-state index is 0.0341. The van der Waals surface area contributed by atoms with Gasteiger partial charge in [0.25, 0.3) is 0 Å². The van der Waals surface area contributed by atoms with Gasteiger partial charge >= 0.3 is 5.97 Å². The number of fused-ring (bicyclic) bond motifs is 1. The topological polar surface area (TPSA) is 107 Å². The summed E-state index contributed by atoms with van der Waals surface area (Å²) >= 11 is 0. The molecule has 0 fully saturated rings. The lowest BCUT2D eigenvalue weighted by molar-refractivity contribution is 0.0522. The van der Waals surface area contributed by atoms with Crippen LogP contribution in [0.25, 0.3) is 10.9 Å². The number of esters is 1. The van der Waals surface area contributed by atoms with Crippen LogP contribution >= 0.6 is 0 Å². The molecule has 2 aromatic rings. The van der Waals surface area contributed by atoms with E-state index in [-0.39, 0.29) is 23.7 Å². The van der Waals surface area contributed by atoms with E-state index in [4.69, 9.17) is 14.2 Å². The molecule has 2 N–H and O–H groups in total. The number of nitrogens with one attached hydrogen (secondary N) is 2. The van der Waals surface area contributed by atoms with Gasteiger partial charge in [-0.25, -0.2) is 13.2 Å². The van der Waals surface area contributed by atoms with E-state index in [2.05, 4.69) is 9.71 Å². The van der Waals surface area contributed by atoms with E-state index in [1.807, 2.05) is 0 Å². The van der Waals surface area contributed by atoms with E-state index in [1.54, 1.807) is 26.0 Å². The Balaban J connectivity index is 2.68. The van der Waals surface area contributed by atoms with Crippen molar-refractivity contribution in [3.63, 3.8) is 0 Å². The Bertz CT molecular complexity index is 872. The molecule has 8 nitrogen and oxygen atoms in total. The number of carbonyl (C=O) groups is 1. The fourth-order valence-corrected chi connectivity index (χ4v) is 3.62. The Morgan fingerprint density at radius 2 is 1.80 bits per heavy atom. The van der Waals surface area contributed by atoms with Gasteiger partial charge < -0.3 is 19.2 Å². The second-order valence-corrected chi connectivity index (χ2v) is 7.11. The number of carbonyl (C=O) groups excluding carboxylic acids is 1. The number of aromatic amines is 1. The van der Waals surface area contributed by atoms with E-state index < -0.39 is 16.0 Å². The molecule has 0 saturated carbocycles. The summed E-state index contributed by atoms with van der Waals surface area (Å²) in [5.41, 5.74) is 0.699. The molecule has 2 rings (SSSR count). The first kappa shape index (κ1) is 18.9. The van der Waals surface area contributed by atoms with Crippen LogP contribution in [0.1, 0.15) is 30.8 Å². The maximum atomic E-state index is 12.2. The summed E-state index contributed by atoms with van der Waals surface area (Å²) < 4.78 is 42.4. The molecule has 0 aliphatic carbocycles. The number of hydrogen-bond donors (Lipinski definition) is 2. The number of ether oxygens (including phenoxy) is 3. The zero-order chi connectivity index (χ0) is 18.6. The highest BCUT2D eigenvalue weighted by molar-refractivity contribution is 7.92. The van der Waals surface area contributed by atoms with Crippen LogP contribution < -0.4 is 14.2 Å². The van der Waals surface area contributed by atoms with Gasteiger partial charge in [0, 0.05) is 11.5 Å². The summed E-state index contributed by atoms with van der Waals surface area (Å²) in [6.07, 6.45) is 0.448. The number of aromatic nitrogens is 1. The third-order valence-corrected chi connectivity index (χ3v) is 4.97. The van der Waals surface area contributed by atoms with Crippen LogP contribution in [-0.2, 0) is 14.8 Å². The molecule has 0 radical (unpaired) electrons. The van der Waals surface area contributed by atoms with Crippen molar-refractivity contribution < 1.29 is 27.4 Å². The quantitative estimate of drug-likeness (QED) is 0.692. The fourth-order valence-electron chi connectivity index (χ4n) is 2.46. The van der Waals surface area contributed by atoms with Crippen molar-refractivity contribution in [2.24, 2.45) is 0 Å². The van der Waals surface area contributed by atoms with Crippen LogP contribution in [0.3, 0.4) is 0 Å². The standard InChI is InChI=1S/C16H22N2O6S/c1-5-7-25(20,21)18-14-10-8-12(22-3)13(23-4)9-11(10)17-15(14)16(19)24-6-2/h8-9,17-18H,5-7H2,1-4H3. The van der Waals surface area contributed by atoms with Gasteiger partial charge in [-0.15, -0.1) is 0 Å². The Labute approximate surface area is 146 Å². The summed E-state index contributed by atoms with van der Waals surface area (Å²) in [6.45, 7) is 3.60. The number of methoxy groups -OCH3 is 2. The van der Waals surface area contributed by atoms with Crippen LogP contribution in [-0.4, -0.2) is 46.0 Å². The van der Waals surface area contributed by atoms with Crippen molar-refractivity contribution in [3.8, 4) is 11.5 Å². The van der Waals surface area contributed by atoms with Crippen LogP contribution in [0, 0.1) is 0 Å². The van der Waals surface area contributed by atoms with Gasteiger partial charge in [0.15, 0.2) is 17.2 Å². The third-order valence-electron chi connectivity index (χ3n) is 3.51. The molecule has 25 heavy (non-hydrogen) atoms. The predicted molar refractivity (Wildman–Crippen MR) is 95.1 cm³/mol. The lowest BCUT2D eigenvalue weighted by atomic mass is 10.2. The van der Waals surface area contributed by atoms with Crippen molar-refractivity contribution in [3.05, 3.63) is 17.8 Å². The van der Waals surface area contributed by atoms with Gasteiger partial charge in [-0.05, 0) is 19.4 Å². The summed E-state index contributed by atoms with van der Waals surface area (Å²) in [7, 11) is -0.637. The number of H-pyrrole nitrogens is 1. The summed E-state index contributed by atoms with van der Waals surface area (Å²) in [5.74, 6) is 0.163. The van der Waals surface area contributed by atoms with Crippen LogP contribution in [0.2, 0.25) is 0 Å². The Kier molecular flexibility index (Phi) is 5.78. The maximum Gasteiger partial charge on any atom is 0.356 e. The lowest BCUT2D eigenvalue weighted by Gasteiger charge is -2.10. The van der Waals surface area contributed by atoms with Crippen molar-refractivity contribution >= 4 is 32.6 Å². The molecular formula is C16H22N2O6S. The van der Waals surface area contributed by atoms with Crippen LogP contribution in [0.15, 0.2) is 12.1 Å².